The number of hydrogen-bond acceptors (Lipinski definition) is 5. The Bertz CT molecular complexity index is 602. The normalized spacial score (nSPS) is 36.3. The summed E-state index contributed by atoms with van der Waals surface area (Å²) in [4.78, 5) is 0. The molecule has 2 heterocycles. The van der Waals surface area contributed by atoms with Crippen molar-refractivity contribution >= 4 is 0 Å². The summed E-state index contributed by atoms with van der Waals surface area (Å²) in [5, 5.41) is 10.7. The molecule has 1 N–H and O–H groups in total. The van der Waals surface area contributed by atoms with Crippen molar-refractivity contribution in [3.8, 4) is 0 Å². The van der Waals surface area contributed by atoms with Crippen LogP contribution in [0.4, 0.5) is 0 Å². The highest BCUT2D eigenvalue weighted by atomic mass is 16.8. The highest BCUT2D eigenvalue weighted by molar-refractivity contribution is 5.13. The van der Waals surface area contributed by atoms with Gasteiger partial charge in [-0.1, -0.05) is 36.4 Å². The van der Waals surface area contributed by atoms with Crippen LogP contribution in [-0.2, 0) is 25.6 Å². The van der Waals surface area contributed by atoms with Gasteiger partial charge in [-0.25, -0.2) is 0 Å². The van der Waals surface area contributed by atoms with E-state index in [9.17, 15) is 5.11 Å². The van der Waals surface area contributed by atoms with E-state index in [1.165, 1.54) is 0 Å². The quantitative estimate of drug-likeness (QED) is 0.755. The highest BCUT2D eigenvalue weighted by Gasteiger charge is 2.50. The standard InChI is InChI=1S/C21H30O5/c1-5-9-16-18(22)19(23-13-15-10-7-6-8-11-15)17(25-16)12-21(4)14-24-20(2,3)26-21/h5-8,10-11,16-19,22H,1,9,12-14H2,2-4H3/t16?,17?,18-,19?,21?/m0/s1. The first-order chi connectivity index (χ1) is 12.3. The van der Waals surface area contributed by atoms with E-state index in [0.29, 0.717) is 26.1 Å². The number of rotatable bonds is 7. The zero-order valence-electron chi connectivity index (χ0n) is 15.9. The lowest BCUT2D eigenvalue weighted by atomic mass is 9.94. The van der Waals surface area contributed by atoms with E-state index in [4.69, 9.17) is 18.9 Å². The van der Waals surface area contributed by atoms with Crippen LogP contribution in [0.15, 0.2) is 43.0 Å². The minimum Gasteiger partial charge on any atom is -0.388 e. The smallest absolute Gasteiger partial charge is 0.163 e. The first-order valence-electron chi connectivity index (χ1n) is 9.26. The Kier molecular flexibility index (Phi) is 5.85. The van der Waals surface area contributed by atoms with Crippen molar-refractivity contribution in [1.82, 2.24) is 0 Å². The van der Waals surface area contributed by atoms with Gasteiger partial charge in [0.25, 0.3) is 0 Å². The van der Waals surface area contributed by atoms with Crippen molar-refractivity contribution in [2.75, 3.05) is 6.61 Å². The maximum atomic E-state index is 10.7. The predicted molar refractivity (Wildman–Crippen MR) is 98.6 cm³/mol. The van der Waals surface area contributed by atoms with E-state index >= 15 is 0 Å². The molecule has 4 unspecified atom stereocenters. The molecular weight excluding hydrogens is 332 g/mol. The van der Waals surface area contributed by atoms with Gasteiger partial charge in [0.2, 0.25) is 0 Å². The number of hydrogen-bond donors (Lipinski definition) is 1. The van der Waals surface area contributed by atoms with Crippen LogP contribution >= 0.6 is 0 Å². The SMILES string of the molecule is C=CCC1OC(CC2(C)COC(C)(C)O2)C(OCc2ccccc2)[C@H]1O. The topological polar surface area (TPSA) is 57.2 Å². The van der Waals surface area contributed by atoms with Gasteiger partial charge in [-0.3, -0.25) is 0 Å². The van der Waals surface area contributed by atoms with Crippen molar-refractivity contribution in [2.45, 2.75) is 76.0 Å². The Labute approximate surface area is 155 Å². The molecule has 3 rings (SSSR count). The van der Waals surface area contributed by atoms with Gasteiger partial charge in [-0.2, -0.15) is 0 Å². The van der Waals surface area contributed by atoms with Gasteiger partial charge in [0, 0.05) is 6.42 Å². The second-order valence-corrected chi connectivity index (χ2v) is 7.93. The molecule has 2 aliphatic rings. The molecule has 2 fully saturated rings. The van der Waals surface area contributed by atoms with E-state index in [1.54, 1.807) is 6.08 Å². The molecule has 26 heavy (non-hydrogen) atoms. The molecule has 0 spiro atoms. The fraction of sp³-hybridized carbons (Fsp3) is 0.619. The summed E-state index contributed by atoms with van der Waals surface area (Å²) in [5.41, 5.74) is 0.601. The molecule has 5 nitrogen and oxygen atoms in total. The van der Waals surface area contributed by atoms with Gasteiger partial charge in [-0.05, 0) is 32.8 Å². The zero-order valence-corrected chi connectivity index (χ0v) is 15.9. The lowest BCUT2D eigenvalue weighted by molar-refractivity contribution is -0.167. The largest absolute Gasteiger partial charge is 0.388 e. The number of benzene rings is 1. The third-order valence-corrected chi connectivity index (χ3v) is 4.97. The fourth-order valence-corrected chi connectivity index (χ4v) is 3.81. The van der Waals surface area contributed by atoms with Crippen LogP contribution in [0, 0.1) is 0 Å². The molecule has 5 heteroatoms. The van der Waals surface area contributed by atoms with Gasteiger partial charge >= 0.3 is 0 Å². The van der Waals surface area contributed by atoms with Gasteiger partial charge in [-0.15, -0.1) is 6.58 Å². The molecule has 1 aromatic rings. The summed E-state index contributed by atoms with van der Waals surface area (Å²) in [6.07, 6.45) is 1.27. The zero-order chi connectivity index (χ0) is 18.8. The Morgan fingerprint density at radius 3 is 2.58 bits per heavy atom. The summed E-state index contributed by atoms with van der Waals surface area (Å²) >= 11 is 0. The Morgan fingerprint density at radius 1 is 1.23 bits per heavy atom. The van der Waals surface area contributed by atoms with E-state index in [-0.39, 0.29) is 12.2 Å². The first kappa shape index (κ1) is 19.5. The molecule has 2 saturated heterocycles. The monoisotopic (exact) mass is 362 g/mol. The van der Waals surface area contributed by atoms with Crippen LogP contribution in [0.5, 0.6) is 0 Å². The number of ether oxygens (including phenoxy) is 4. The predicted octanol–water partition coefficient (Wildman–Crippen LogP) is 3.21. The molecule has 5 atom stereocenters. The van der Waals surface area contributed by atoms with Crippen molar-refractivity contribution in [3.05, 3.63) is 48.6 Å². The molecule has 0 saturated carbocycles. The van der Waals surface area contributed by atoms with E-state index in [0.717, 1.165) is 5.56 Å². The Hall–Kier alpha value is -1.24. The lowest BCUT2D eigenvalue weighted by Gasteiger charge is -2.30. The number of aliphatic hydroxyl groups is 1. The van der Waals surface area contributed by atoms with Crippen molar-refractivity contribution in [3.63, 3.8) is 0 Å². The third kappa shape index (κ3) is 4.53. The summed E-state index contributed by atoms with van der Waals surface area (Å²) in [7, 11) is 0. The van der Waals surface area contributed by atoms with Crippen LogP contribution in [-0.4, -0.2) is 47.5 Å². The second-order valence-electron chi connectivity index (χ2n) is 7.93. The van der Waals surface area contributed by atoms with Crippen LogP contribution in [0.3, 0.4) is 0 Å². The molecule has 0 radical (unpaired) electrons. The maximum absolute atomic E-state index is 10.7. The van der Waals surface area contributed by atoms with Crippen molar-refractivity contribution in [1.29, 1.82) is 0 Å². The second kappa shape index (κ2) is 7.79. The maximum Gasteiger partial charge on any atom is 0.163 e. The van der Waals surface area contributed by atoms with Crippen LogP contribution < -0.4 is 0 Å². The molecule has 0 aliphatic carbocycles. The lowest BCUT2D eigenvalue weighted by Crippen LogP contribution is -2.41. The molecular formula is C21H30O5. The van der Waals surface area contributed by atoms with Crippen LogP contribution in [0.25, 0.3) is 0 Å². The first-order valence-corrected chi connectivity index (χ1v) is 9.26. The summed E-state index contributed by atoms with van der Waals surface area (Å²) < 4.78 is 24.0. The molecule has 0 amide bonds. The highest BCUT2D eigenvalue weighted by Crippen LogP contribution is 2.38. The van der Waals surface area contributed by atoms with Gasteiger partial charge in [0.15, 0.2) is 5.79 Å². The minimum atomic E-state index is -0.694. The minimum absolute atomic E-state index is 0.263. The fourth-order valence-electron chi connectivity index (χ4n) is 3.81. The average molecular weight is 362 g/mol. The van der Waals surface area contributed by atoms with Crippen LogP contribution in [0.2, 0.25) is 0 Å². The van der Waals surface area contributed by atoms with Gasteiger partial charge in [0.05, 0.1) is 31.0 Å². The molecule has 0 bridgehead atoms. The molecule has 0 aromatic heterocycles. The average Bonchev–Trinajstić information content (AvgIpc) is 3.03. The van der Waals surface area contributed by atoms with Crippen LogP contribution in [0.1, 0.15) is 39.2 Å². The Morgan fingerprint density at radius 2 is 1.96 bits per heavy atom. The summed E-state index contributed by atoms with van der Waals surface area (Å²) in [5.74, 6) is -0.604. The van der Waals surface area contributed by atoms with E-state index in [2.05, 4.69) is 6.58 Å². The summed E-state index contributed by atoms with van der Waals surface area (Å²) in [6.45, 7) is 10.5. The van der Waals surface area contributed by atoms with E-state index in [1.807, 2.05) is 51.1 Å². The van der Waals surface area contributed by atoms with Gasteiger partial charge in [0.1, 0.15) is 12.2 Å². The molecule has 2 aliphatic heterocycles. The van der Waals surface area contributed by atoms with Crippen molar-refractivity contribution in [2.24, 2.45) is 0 Å². The summed E-state index contributed by atoms with van der Waals surface area (Å²) in [6, 6.07) is 9.95. The van der Waals surface area contributed by atoms with Gasteiger partial charge < -0.3 is 24.1 Å². The Balaban J connectivity index is 1.69. The van der Waals surface area contributed by atoms with Crippen molar-refractivity contribution < 1.29 is 24.1 Å². The number of aliphatic hydroxyl groups excluding tert-OH is 1. The molecule has 1 aromatic carbocycles. The van der Waals surface area contributed by atoms with E-state index < -0.39 is 23.6 Å². The molecule has 144 valence electrons. The third-order valence-electron chi connectivity index (χ3n) is 4.97.